The highest BCUT2D eigenvalue weighted by molar-refractivity contribution is 4.89. The van der Waals surface area contributed by atoms with E-state index in [1.807, 2.05) is 0 Å². The summed E-state index contributed by atoms with van der Waals surface area (Å²) in [6.07, 6.45) is 8.06. The number of likely N-dealkylation sites (tertiary alicyclic amines) is 1. The Bertz CT molecular complexity index is 251. The molecule has 0 aromatic heterocycles. The molecule has 1 N–H and O–H groups in total. The van der Waals surface area contributed by atoms with Crippen molar-refractivity contribution in [1.82, 2.24) is 10.2 Å². The quantitative estimate of drug-likeness (QED) is 0.829. The van der Waals surface area contributed by atoms with Gasteiger partial charge in [0.05, 0.1) is 0 Å². The molecule has 2 saturated heterocycles. The Labute approximate surface area is 119 Å². The van der Waals surface area contributed by atoms with Gasteiger partial charge in [-0.05, 0) is 51.1 Å². The zero-order chi connectivity index (χ0) is 13.6. The number of hydrogen-bond donors (Lipinski definition) is 1. The zero-order valence-electron chi connectivity index (χ0n) is 12.9. The van der Waals surface area contributed by atoms with Crippen LogP contribution in [0, 0.1) is 5.41 Å². The highest BCUT2D eigenvalue weighted by atomic mass is 16.5. The second kappa shape index (κ2) is 7.61. The number of nitrogens with zero attached hydrogens (tertiary/aromatic N) is 1. The topological polar surface area (TPSA) is 24.5 Å². The molecule has 2 aliphatic rings. The van der Waals surface area contributed by atoms with Crippen LogP contribution in [0.15, 0.2) is 0 Å². The minimum Gasteiger partial charge on any atom is -0.381 e. The van der Waals surface area contributed by atoms with Gasteiger partial charge in [-0.15, -0.1) is 0 Å². The normalized spacial score (nSPS) is 29.1. The van der Waals surface area contributed by atoms with Crippen molar-refractivity contribution >= 4 is 0 Å². The standard InChI is InChI=1S/C16H32N2O/c1-3-17-13-16(8-11-19-12-9-16)14-18-10-6-4-5-7-15(18)2/h15,17H,3-14H2,1-2H3. The van der Waals surface area contributed by atoms with Gasteiger partial charge in [0.1, 0.15) is 0 Å². The van der Waals surface area contributed by atoms with E-state index in [0.717, 1.165) is 32.3 Å². The predicted octanol–water partition coefficient (Wildman–Crippen LogP) is 2.66. The summed E-state index contributed by atoms with van der Waals surface area (Å²) in [4.78, 5) is 2.76. The van der Waals surface area contributed by atoms with Crippen LogP contribution < -0.4 is 5.32 Å². The lowest BCUT2D eigenvalue weighted by Gasteiger charge is -2.42. The van der Waals surface area contributed by atoms with Crippen LogP contribution in [0.25, 0.3) is 0 Å². The first-order valence-corrected chi connectivity index (χ1v) is 8.28. The van der Waals surface area contributed by atoms with Crippen molar-refractivity contribution in [1.29, 1.82) is 0 Å². The smallest absolute Gasteiger partial charge is 0.0472 e. The molecule has 2 heterocycles. The van der Waals surface area contributed by atoms with Gasteiger partial charge in [0.15, 0.2) is 0 Å². The van der Waals surface area contributed by atoms with Crippen LogP contribution in [0.2, 0.25) is 0 Å². The first-order chi connectivity index (χ1) is 9.26. The lowest BCUT2D eigenvalue weighted by Crippen LogP contribution is -2.49. The monoisotopic (exact) mass is 268 g/mol. The molecule has 2 aliphatic heterocycles. The Kier molecular flexibility index (Phi) is 6.11. The largest absolute Gasteiger partial charge is 0.381 e. The lowest BCUT2D eigenvalue weighted by molar-refractivity contribution is -0.00994. The van der Waals surface area contributed by atoms with E-state index in [1.54, 1.807) is 0 Å². The van der Waals surface area contributed by atoms with Crippen LogP contribution in [-0.2, 0) is 4.74 Å². The van der Waals surface area contributed by atoms with Crippen molar-refractivity contribution in [3.8, 4) is 0 Å². The highest BCUT2D eigenvalue weighted by Crippen LogP contribution is 2.32. The first-order valence-electron chi connectivity index (χ1n) is 8.28. The third-order valence-corrected chi connectivity index (χ3v) is 5.03. The Morgan fingerprint density at radius 3 is 2.74 bits per heavy atom. The minimum atomic E-state index is 0.451. The molecule has 2 fully saturated rings. The second-order valence-electron chi connectivity index (χ2n) is 6.56. The van der Waals surface area contributed by atoms with E-state index in [-0.39, 0.29) is 0 Å². The number of rotatable bonds is 5. The van der Waals surface area contributed by atoms with Crippen LogP contribution in [-0.4, -0.2) is 50.3 Å². The number of nitrogens with one attached hydrogen (secondary N) is 1. The molecule has 0 aliphatic carbocycles. The molecule has 0 aromatic carbocycles. The maximum atomic E-state index is 5.60. The van der Waals surface area contributed by atoms with E-state index < -0.39 is 0 Å². The molecule has 0 bridgehead atoms. The summed E-state index contributed by atoms with van der Waals surface area (Å²) in [5.41, 5.74) is 0.451. The molecular formula is C16H32N2O. The second-order valence-corrected chi connectivity index (χ2v) is 6.56. The minimum absolute atomic E-state index is 0.451. The Hall–Kier alpha value is -0.120. The van der Waals surface area contributed by atoms with Gasteiger partial charge in [0, 0.05) is 32.3 Å². The molecule has 3 nitrogen and oxygen atoms in total. The van der Waals surface area contributed by atoms with Gasteiger partial charge in [-0.25, -0.2) is 0 Å². The van der Waals surface area contributed by atoms with E-state index in [2.05, 4.69) is 24.1 Å². The predicted molar refractivity (Wildman–Crippen MR) is 80.5 cm³/mol. The summed E-state index contributed by atoms with van der Waals surface area (Å²) in [5, 5.41) is 3.60. The summed E-state index contributed by atoms with van der Waals surface area (Å²) in [7, 11) is 0. The average Bonchev–Trinajstić information content (AvgIpc) is 2.63. The number of hydrogen-bond acceptors (Lipinski definition) is 3. The van der Waals surface area contributed by atoms with Gasteiger partial charge < -0.3 is 15.0 Å². The summed E-state index contributed by atoms with van der Waals surface area (Å²) in [5.74, 6) is 0. The van der Waals surface area contributed by atoms with E-state index in [1.165, 1.54) is 51.6 Å². The van der Waals surface area contributed by atoms with Gasteiger partial charge in [0.25, 0.3) is 0 Å². The van der Waals surface area contributed by atoms with Gasteiger partial charge in [-0.3, -0.25) is 0 Å². The molecule has 0 aromatic rings. The van der Waals surface area contributed by atoms with E-state index in [9.17, 15) is 0 Å². The molecule has 1 atom stereocenters. The molecule has 0 amide bonds. The van der Waals surface area contributed by atoms with Crippen LogP contribution in [0.5, 0.6) is 0 Å². The molecule has 0 saturated carbocycles. The van der Waals surface area contributed by atoms with Crippen molar-refractivity contribution in [2.75, 3.05) is 39.4 Å². The lowest BCUT2D eigenvalue weighted by atomic mass is 9.79. The van der Waals surface area contributed by atoms with Crippen molar-refractivity contribution in [2.24, 2.45) is 5.41 Å². The molecule has 1 unspecified atom stereocenters. The highest BCUT2D eigenvalue weighted by Gasteiger charge is 2.35. The van der Waals surface area contributed by atoms with Gasteiger partial charge >= 0.3 is 0 Å². The first kappa shape index (κ1) is 15.3. The Morgan fingerprint density at radius 2 is 2.00 bits per heavy atom. The molecule has 0 radical (unpaired) electrons. The average molecular weight is 268 g/mol. The third kappa shape index (κ3) is 4.44. The van der Waals surface area contributed by atoms with E-state index in [0.29, 0.717) is 5.41 Å². The maximum absolute atomic E-state index is 5.60. The third-order valence-electron chi connectivity index (χ3n) is 5.03. The van der Waals surface area contributed by atoms with Crippen molar-refractivity contribution < 1.29 is 4.74 Å². The van der Waals surface area contributed by atoms with Crippen LogP contribution in [0.4, 0.5) is 0 Å². The molecular weight excluding hydrogens is 236 g/mol. The fraction of sp³-hybridized carbons (Fsp3) is 1.00. The van der Waals surface area contributed by atoms with Crippen LogP contribution >= 0.6 is 0 Å². The van der Waals surface area contributed by atoms with Crippen molar-refractivity contribution in [2.45, 2.75) is 58.4 Å². The van der Waals surface area contributed by atoms with Crippen LogP contribution in [0.3, 0.4) is 0 Å². The van der Waals surface area contributed by atoms with E-state index in [4.69, 9.17) is 4.74 Å². The summed E-state index contributed by atoms with van der Waals surface area (Å²) in [6.45, 7) is 11.4. The van der Waals surface area contributed by atoms with Crippen molar-refractivity contribution in [3.63, 3.8) is 0 Å². The fourth-order valence-electron chi connectivity index (χ4n) is 3.59. The fourth-order valence-corrected chi connectivity index (χ4v) is 3.59. The zero-order valence-corrected chi connectivity index (χ0v) is 12.9. The molecule has 2 rings (SSSR count). The summed E-state index contributed by atoms with van der Waals surface area (Å²) in [6, 6.07) is 0.767. The van der Waals surface area contributed by atoms with Crippen molar-refractivity contribution in [3.05, 3.63) is 0 Å². The van der Waals surface area contributed by atoms with Crippen LogP contribution in [0.1, 0.15) is 52.4 Å². The molecule has 3 heteroatoms. The van der Waals surface area contributed by atoms with Gasteiger partial charge in [-0.2, -0.15) is 0 Å². The Balaban J connectivity index is 1.97. The Morgan fingerprint density at radius 1 is 1.21 bits per heavy atom. The number of ether oxygens (including phenoxy) is 1. The molecule has 112 valence electrons. The SMILES string of the molecule is CCNCC1(CN2CCCCCC2C)CCOCC1. The molecule has 19 heavy (non-hydrogen) atoms. The van der Waals surface area contributed by atoms with E-state index >= 15 is 0 Å². The summed E-state index contributed by atoms with van der Waals surface area (Å²) < 4.78 is 5.60. The van der Waals surface area contributed by atoms with Gasteiger partial charge in [0.2, 0.25) is 0 Å². The maximum Gasteiger partial charge on any atom is 0.0472 e. The summed E-state index contributed by atoms with van der Waals surface area (Å²) >= 11 is 0. The van der Waals surface area contributed by atoms with Gasteiger partial charge in [-0.1, -0.05) is 19.8 Å². The molecule has 0 spiro atoms.